The normalized spacial score (nSPS) is 17.1. The van der Waals surface area contributed by atoms with Crippen LogP contribution in [0.4, 0.5) is 4.39 Å². The Morgan fingerprint density at radius 2 is 1.94 bits per heavy atom. The van der Waals surface area contributed by atoms with E-state index in [1.165, 1.54) is 17.0 Å². The van der Waals surface area contributed by atoms with Crippen molar-refractivity contribution >= 4 is 39.1 Å². The van der Waals surface area contributed by atoms with Gasteiger partial charge in [-0.2, -0.15) is 0 Å². The zero-order valence-corrected chi connectivity index (χ0v) is 21.6. The van der Waals surface area contributed by atoms with Gasteiger partial charge >= 0.3 is 0 Å². The van der Waals surface area contributed by atoms with Crippen LogP contribution in [0.3, 0.4) is 0 Å². The Bertz CT molecular complexity index is 1210. The molecule has 0 radical (unpaired) electrons. The topological polar surface area (TPSA) is 49.9 Å². The van der Waals surface area contributed by atoms with Crippen LogP contribution in [0, 0.1) is 11.7 Å². The van der Waals surface area contributed by atoms with Gasteiger partial charge in [0, 0.05) is 28.0 Å². The van der Waals surface area contributed by atoms with Gasteiger partial charge < -0.3 is 14.5 Å². The third kappa shape index (κ3) is 5.76. The van der Waals surface area contributed by atoms with E-state index in [1.54, 1.807) is 40.5 Å². The van der Waals surface area contributed by atoms with Crippen molar-refractivity contribution in [2.45, 2.75) is 25.3 Å². The van der Waals surface area contributed by atoms with Gasteiger partial charge in [0.05, 0.1) is 6.04 Å². The smallest absolute Gasteiger partial charge is 0.254 e. The Morgan fingerprint density at radius 1 is 1.14 bits per heavy atom. The van der Waals surface area contributed by atoms with Crippen molar-refractivity contribution in [3.05, 3.63) is 86.3 Å². The van der Waals surface area contributed by atoms with Crippen LogP contribution in [-0.2, 0) is 11.2 Å². The predicted octanol–water partition coefficient (Wildman–Crippen LogP) is 5.71. The highest BCUT2D eigenvalue weighted by Gasteiger charge is 2.35. The molecule has 0 bridgehead atoms. The van der Waals surface area contributed by atoms with Gasteiger partial charge in [0.2, 0.25) is 5.91 Å². The second-order valence-electron chi connectivity index (χ2n) is 9.06. The van der Waals surface area contributed by atoms with Gasteiger partial charge in [0.15, 0.2) is 0 Å². The molecule has 3 aromatic rings. The largest absolute Gasteiger partial charge is 0.491 e. The van der Waals surface area contributed by atoms with Crippen LogP contribution in [-0.4, -0.2) is 47.9 Å². The summed E-state index contributed by atoms with van der Waals surface area (Å²) in [5.41, 5.74) is 1.66. The fourth-order valence-electron chi connectivity index (χ4n) is 4.47. The van der Waals surface area contributed by atoms with Crippen molar-refractivity contribution in [3.63, 3.8) is 0 Å². The third-order valence-corrected chi connectivity index (χ3v) is 7.99. The first-order valence-corrected chi connectivity index (χ1v) is 13.4. The highest BCUT2D eigenvalue weighted by molar-refractivity contribution is 9.10. The average Bonchev–Trinajstić information content (AvgIpc) is 3.54. The number of hydrogen-bond acceptors (Lipinski definition) is 4. The molecule has 1 aliphatic carbocycles. The highest BCUT2D eigenvalue weighted by atomic mass is 79.9. The van der Waals surface area contributed by atoms with Crippen molar-refractivity contribution in [3.8, 4) is 5.75 Å². The number of fused-ring (bicyclic) bond motifs is 1. The molecule has 182 valence electrons. The van der Waals surface area contributed by atoms with Crippen molar-refractivity contribution < 1.29 is 18.7 Å². The molecule has 2 aromatic carbocycles. The van der Waals surface area contributed by atoms with Gasteiger partial charge in [-0.25, -0.2) is 4.39 Å². The standard InChI is InChI=1S/C27H26BrFN2O3S/c28-20-3-1-2-19(14-20)27(33)30(15-18-4-5-18)16-26(32)31-12-10-25-23(11-13-35-25)24(31)17-34-22-8-6-21(29)7-9-22/h1-3,6-9,11,13-14,18,24H,4-5,10,12,15-17H2/t24-/m1/s1. The van der Waals surface area contributed by atoms with Gasteiger partial charge in [-0.3, -0.25) is 9.59 Å². The number of thiophene rings is 1. The third-order valence-electron chi connectivity index (χ3n) is 6.50. The summed E-state index contributed by atoms with van der Waals surface area (Å²) >= 11 is 5.12. The maximum atomic E-state index is 13.6. The van der Waals surface area contributed by atoms with Crippen molar-refractivity contribution in [1.29, 1.82) is 0 Å². The summed E-state index contributed by atoms with van der Waals surface area (Å²) in [6.07, 6.45) is 2.97. The fraction of sp³-hybridized carbons (Fsp3) is 0.333. The number of carbonyl (C=O) groups is 2. The van der Waals surface area contributed by atoms with E-state index >= 15 is 0 Å². The summed E-state index contributed by atoms with van der Waals surface area (Å²) in [7, 11) is 0. The average molecular weight is 557 g/mol. The Morgan fingerprint density at radius 3 is 2.69 bits per heavy atom. The summed E-state index contributed by atoms with van der Waals surface area (Å²) in [5, 5.41) is 2.04. The molecule has 2 aliphatic rings. The van der Waals surface area contributed by atoms with Crippen LogP contribution in [0.25, 0.3) is 0 Å². The molecule has 35 heavy (non-hydrogen) atoms. The molecule has 1 atom stereocenters. The number of hydrogen-bond donors (Lipinski definition) is 0. The van der Waals surface area contributed by atoms with Gasteiger partial charge in [-0.05, 0) is 84.7 Å². The Kier molecular flexibility index (Phi) is 7.20. The SMILES string of the molecule is O=C(c1cccc(Br)c1)N(CC(=O)N1CCc2sccc2[C@H]1COc1ccc(F)cc1)CC1CC1. The summed E-state index contributed by atoms with van der Waals surface area (Å²) in [4.78, 5) is 31.8. The molecule has 1 fully saturated rings. The van der Waals surface area contributed by atoms with Crippen LogP contribution in [0.15, 0.2) is 64.5 Å². The molecule has 0 unspecified atom stereocenters. The van der Waals surface area contributed by atoms with Crippen LogP contribution in [0.5, 0.6) is 5.75 Å². The van der Waals surface area contributed by atoms with E-state index in [9.17, 15) is 14.0 Å². The van der Waals surface area contributed by atoms with Crippen LogP contribution in [0.2, 0.25) is 0 Å². The van der Waals surface area contributed by atoms with E-state index in [4.69, 9.17) is 4.74 Å². The lowest BCUT2D eigenvalue weighted by molar-refractivity contribution is -0.135. The van der Waals surface area contributed by atoms with Crippen LogP contribution < -0.4 is 4.74 Å². The van der Waals surface area contributed by atoms with Crippen LogP contribution in [0.1, 0.15) is 39.7 Å². The van der Waals surface area contributed by atoms with Crippen molar-refractivity contribution in [1.82, 2.24) is 9.80 Å². The maximum absolute atomic E-state index is 13.6. The monoisotopic (exact) mass is 556 g/mol. The summed E-state index contributed by atoms with van der Waals surface area (Å²) in [6.45, 7) is 1.47. The predicted molar refractivity (Wildman–Crippen MR) is 137 cm³/mol. The molecule has 2 amide bonds. The lowest BCUT2D eigenvalue weighted by atomic mass is 10.0. The quantitative estimate of drug-likeness (QED) is 0.357. The van der Waals surface area contributed by atoms with E-state index in [0.29, 0.717) is 30.3 Å². The molecule has 1 aliphatic heterocycles. The molecule has 0 spiro atoms. The van der Waals surface area contributed by atoms with Gasteiger partial charge in [0.1, 0.15) is 24.7 Å². The van der Waals surface area contributed by atoms with E-state index in [2.05, 4.69) is 15.9 Å². The number of rotatable bonds is 8. The Hall–Kier alpha value is -2.71. The zero-order valence-electron chi connectivity index (χ0n) is 19.2. The number of halogens is 2. The van der Waals surface area contributed by atoms with Gasteiger partial charge in [-0.15, -0.1) is 11.3 Å². The molecular formula is C27H26BrFN2O3S. The van der Waals surface area contributed by atoms with Crippen molar-refractivity contribution in [2.24, 2.45) is 5.92 Å². The number of benzene rings is 2. The van der Waals surface area contributed by atoms with E-state index in [0.717, 1.165) is 29.3 Å². The number of ether oxygens (including phenoxy) is 1. The number of carbonyl (C=O) groups excluding carboxylic acids is 2. The van der Waals surface area contributed by atoms with E-state index in [1.807, 2.05) is 28.5 Å². The molecule has 1 aromatic heterocycles. The van der Waals surface area contributed by atoms with Crippen molar-refractivity contribution in [2.75, 3.05) is 26.2 Å². The van der Waals surface area contributed by atoms with Gasteiger partial charge in [-0.1, -0.05) is 22.0 Å². The second kappa shape index (κ2) is 10.5. The molecule has 0 N–H and O–H groups in total. The molecule has 0 saturated heterocycles. The fourth-order valence-corrected chi connectivity index (χ4v) is 5.80. The summed E-state index contributed by atoms with van der Waals surface area (Å²) in [6, 6.07) is 15.0. The highest BCUT2D eigenvalue weighted by Crippen LogP contribution is 2.35. The molecule has 5 rings (SSSR count). The van der Waals surface area contributed by atoms with E-state index < -0.39 is 0 Å². The second-order valence-corrected chi connectivity index (χ2v) is 11.0. The number of amides is 2. The molecular weight excluding hydrogens is 531 g/mol. The minimum absolute atomic E-state index is 0.0361. The number of nitrogens with zero attached hydrogens (tertiary/aromatic N) is 2. The molecule has 8 heteroatoms. The van der Waals surface area contributed by atoms with Crippen LogP contribution >= 0.6 is 27.3 Å². The minimum atomic E-state index is -0.321. The minimum Gasteiger partial charge on any atom is -0.491 e. The van der Waals surface area contributed by atoms with E-state index in [-0.39, 0.29) is 36.8 Å². The molecule has 5 nitrogen and oxygen atoms in total. The zero-order chi connectivity index (χ0) is 24.4. The first-order chi connectivity index (χ1) is 17.0. The lowest BCUT2D eigenvalue weighted by Gasteiger charge is -2.37. The maximum Gasteiger partial charge on any atom is 0.254 e. The first kappa shape index (κ1) is 24.0. The molecule has 2 heterocycles. The Balaban J connectivity index is 1.34. The lowest BCUT2D eigenvalue weighted by Crippen LogP contribution is -2.48. The Labute approximate surface area is 216 Å². The molecule has 1 saturated carbocycles. The summed E-state index contributed by atoms with van der Waals surface area (Å²) in [5.74, 6) is 0.484. The summed E-state index contributed by atoms with van der Waals surface area (Å²) < 4.78 is 20.1. The first-order valence-electron chi connectivity index (χ1n) is 11.8. The van der Waals surface area contributed by atoms with Gasteiger partial charge in [0.25, 0.3) is 5.91 Å².